The van der Waals surface area contributed by atoms with Gasteiger partial charge >= 0.3 is 0 Å². The second-order valence-electron chi connectivity index (χ2n) is 6.13. The summed E-state index contributed by atoms with van der Waals surface area (Å²) in [7, 11) is 0. The normalized spacial score (nSPS) is 23.1. The molecule has 2 nitrogen and oxygen atoms in total. The molecule has 0 saturated heterocycles. The smallest absolute Gasteiger partial charge is 0.224 e. The molecule has 1 fully saturated rings. The summed E-state index contributed by atoms with van der Waals surface area (Å²) in [4.78, 5) is 12.1. The standard InChI is InChI=1S/C17H25NO/c1-12-5-8-16(9-6-12)18-17(19)11-15-7-4-13(2)10-14(15)3/h4,7,10,12,16H,5-6,8-9,11H2,1-3H3,(H,18,19). The molecule has 1 aliphatic carbocycles. The van der Waals surface area contributed by atoms with E-state index in [0.29, 0.717) is 12.5 Å². The van der Waals surface area contributed by atoms with Crippen LogP contribution in [0.2, 0.25) is 0 Å². The molecule has 0 aromatic heterocycles. The van der Waals surface area contributed by atoms with Gasteiger partial charge in [-0.2, -0.15) is 0 Å². The molecule has 0 heterocycles. The number of rotatable bonds is 3. The molecule has 2 rings (SSSR count). The quantitative estimate of drug-likeness (QED) is 0.884. The van der Waals surface area contributed by atoms with E-state index in [2.05, 4.69) is 44.3 Å². The van der Waals surface area contributed by atoms with Crippen molar-refractivity contribution in [2.45, 2.75) is 58.9 Å². The molecular weight excluding hydrogens is 234 g/mol. The van der Waals surface area contributed by atoms with Gasteiger partial charge in [-0.15, -0.1) is 0 Å². The fourth-order valence-electron chi connectivity index (χ4n) is 2.90. The van der Waals surface area contributed by atoms with Crippen molar-refractivity contribution in [2.75, 3.05) is 0 Å². The van der Waals surface area contributed by atoms with Gasteiger partial charge in [0, 0.05) is 6.04 Å². The fraction of sp³-hybridized carbons (Fsp3) is 0.588. The lowest BCUT2D eigenvalue weighted by Gasteiger charge is -2.27. The highest BCUT2D eigenvalue weighted by atomic mass is 16.1. The van der Waals surface area contributed by atoms with Crippen molar-refractivity contribution in [2.24, 2.45) is 5.92 Å². The van der Waals surface area contributed by atoms with Crippen LogP contribution in [-0.4, -0.2) is 11.9 Å². The first-order valence-corrected chi connectivity index (χ1v) is 7.40. The van der Waals surface area contributed by atoms with Crippen LogP contribution in [-0.2, 0) is 11.2 Å². The molecule has 19 heavy (non-hydrogen) atoms. The molecule has 2 heteroatoms. The zero-order valence-corrected chi connectivity index (χ0v) is 12.3. The summed E-state index contributed by atoms with van der Waals surface area (Å²) in [6.07, 6.45) is 5.28. The molecule has 104 valence electrons. The number of benzene rings is 1. The van der Waals surface area contributed by atoms with Gasteiger partial charge in [-0.05, 0) is 56.6 Å². The molecule has 0 spiro atoms. The van der Waals surface area contributed by atoms with Gasteiger partial charge in [-0.1, -0.05) is 30.7 Å². The Labute approximate surface area is 116 Å². The summed E-state index contributed by atoms with van der Waals surface area (Å²) < 4.78 is 0. The first-order valence-electron chi connectivity index (χ1n) is 7.40. The SMILES string of the molecule is Cc1ccc(CC(=O)NC2CCC(C)CC2)c(C)c1. The van der Waals surface area contributed by atoms with Crippen molar-refractivity contribution in [3.05, 3.63) is 34.9 Å². The number of hydrogen-bond acceptors (Lipinski definition) is 1. The molecule has 1 N–H and O–H groups in total. The first-order chi connectivity index (χ1) is 9.04. The molecule has 0 bridgehead atoms. The summed E-state index contributed by atoms with van der Waals surface area (Å²) in [6, 6.07) is 6.70. The van der Waals surface area contributed by atoms with E-state index in [1.165, 1.54) is 24.0 Å². The lowest BCUT2D eigenvalue weighted by atomic mass is 9.87. The number of hydrogen-bond donors (Lipinski definition) is 1. The Kier molecular flexibility index (Phi) is 4.62. The van der Waals surface area contributed by atoms with Crippen LogP contribution in [0, 0.1) is 19.8 Å². The third-order valence-electron chi connectivity index (χ3n) is 4.23. The minimum Gasteiger partial charge on any atom is -0.353 e. The van der Waals surface area contributed by atoms with E-state index >= 15 is 0 Å². The maximum atomic E-state index is 12.1. The van der Waals surface area contributed by atoms with Crippen molar-refractivity contribution >= 4 is 5.91 Å². The minimum absolute atomic E-state index is 0.173. The zero-order valence-electron chi connectivity index (χ0n) is 12.3. The average Bonchev–Trinajstić information content (AvgIpc) is 2.36. The van der Waals surface area contributed by atoms with E-state index in [0.717, 1.165) is 24.3 Å². The Morgan fingerprint density at radius 2 is 1.89 bits per heavy atom. The first kappa shape index (κ1) is 14.1. The summed E-state index contributed by atoms with van der Waals surface area (Å²) in [6.45, 7) is 6.46. The number of carbonyl (C=O) groups is 1. The predicted octanol–water partition coefficient (Wildman–Crippen LogP) is 3.54. The van der Waals surface area contributed by atoms with Crippen molar-refractivity contribution in [1.82, 2.24) is 5.32 Å². The molecule has 0 aliphatic heterocycles. The van der Waals surface area contributed by atoms with Crippen LogP contribution in [0.5, 0.6) is 0 Å². The van der Waals surface area contributed by atoms with Gasteiger partial charge in [0.1, 0.15) is 0 Å². The molecule has 1 aromatic rings. The van der Waals surface area contributed by atoms with Gasteiger partial charge in [0.05, 0.1) is 6.42 Å². The monoisotopic (exact) mass is 259 g/mol. The molecular formula is C17H25NO. The van der Waals surface area contributed by atoms with Crippen LogP contribution in [0.4, 0.5) is 0 Å². The second-order valence-corrected chi connectivity index (χ2v) is 6.13. The molecule has 1 aromatic carbocycles. The van der Waals surface area contributed by atoms with Crippen LogP contribution in [0.3, 0.4) is 0 Å². The average molecular weight is 259 g/mol. The van der Waals surface area contributed by atoms with Crippen molar-refractivity contribution < 1.29 is 4.79 Å². The Bertz CT molecular complexity index is 445. The van der Waals surface area contributed by atoms with Gasteiger partial charge in [0.15, 0.2) is 0 Å². The van der Waals surface area contributed by atoms with E-state index in [-0.39, 0.29) is 5.91 Å². The highest BCUT2D eigenvalue weighted by Gasteiger charge is 2.19. The molecule has 1 amide bonds. The van der Waals surface area contributed by atoms with E-state index in [1.54, 1.807) is 0 Å². The summed E-state index contributed by atoms with van der Waals surface area (Å²) in [5, 5.41) is 3.19. The molecule has 1 aliphatic rings. The molecule has 0 atom stereocenters. The van der Waals surface area contributed by atoms with Crippen molar-refractivity contribution in [3.8, 4) is 0 Å². The van der Waals surface area contributed by atoms with Gasteiger partial charge in [0.2, 0.25) is 5.91 Å². The highest BCUT2D eigenvalue weighted by Crippen LogP contribution is 2.23. The summed E-state index contributed by atoms with van der Waals surface area (Å²) >= 11 is 0. The van der Waals surface area contributed by atoms with E-state index in [9.17, 15) is 4.79 Å². The fourth-order valence-corrected chi connectivity index (χ4v) is 2.90. The Hall–Kier alpha value is -1.31. The number of carbonyl (C=O) groups excluding carboxylic acids is 1. The molecule has 1 saturated carbocycles. The summed E-state index contributed by atoms with van der Waals surface area (Å²) in [5.74, 6) is 0.999. The molecule has 0 unspecified atom stereocenters. The second kappa shape index (κ2) is 6.23. The van der Waals surface area contributed by atoms with Crippen LogP contribution in [0.15, 0.2) is 18.2 Å². The largest absolute Gasteiger partial charge is 0.353 e. The molecule has 0 radical (unpaired) electrons. The minimum atomic E-state index is 0.173. The zero-order chi connectivity index (χ0) is 13.8. The van der Waals surface area contributed by atoms with E-state index in [4.69, 9.17) is 0 Å². The third-order valence-corrected chi connectivity index (χ3v) is 4.23. The Balaban J connectivity index is 1.87. The number of aryl methyl sites for hydroxylation is 2. The third kappa shape index (κ3) is 4.09. The van der Waals surface area contributed by atoms with Gasteiger partial charge in [-0.25, -0.2) is 0 Å². The predicted molar refractivity (Wildman–Crippen MR) is 79.2 cm³/mol. The van der Waals surface area contributed by atoms with Gasteiger partial charge in [0.25, 0.3) is 0 Å². The van der Waals surface area contributed by atoms with E-state index < -0.39 is 0 Å². The highest BCUT2D eigenvalue weighted by molar-refractivity contribution is 5.79. The van der Waals surface area contributed by atoms with Gasteiger partial charge < -0.3 is 5.32 Å². The lowest BCUT2D eigenvalue weighted by Crippen LogP contribution is -2.38. The summed E-state index contributed by atoms with van der Waals surface area (Å²) in [5.41, 5.74) is 3.61. The number of amides is 1. The van der Waals surface area contributed by atoms with Crippen molar-refractivity contribution in [3.63, 3.8) is 0 Å². The van der Waals surface area contributed by atoms with Crippen LogP contribution in [0.1, 0.15) is 49.3 Å². The lowest BCUT2D eigenvalue weighted by molar-refractivity contribution is -0.121. The Morgan fingerprint density at radius 1 is 1.21 bits per heavy atom. The van der Waals surface area contributed by atoms with E-state index in [1.807, 2.05) is 0 Å². The topological polar surface area (TPSA) is 29.1 Å². The maximum Gasteiger partial charge on any atom is 0.224 e. The number of nitrogens with one attached hydrogen (secondary N) is 1. The van der Waals surface area contributed by atoms with Crippen LogP contribution in [0.25, 0.3) is 0 Å². The Morgan fingerprint density at radius 3 is 2.53 bits per heavy atom. The van der Waals surface area contributed by atoms with Gasteiger partial charge in [-0.3, -0.25) is 4.79 Å². The van der Waals surface area contributed by atoms with Crippen molar-refractivity contribution in [1.29, 1.82) is 0 Å². The van der Waals surface area contributed by atoms with Crippen LogP contribution >= 0.6 is 0 Å². The van der Waals surface area contributed by atoms with Crippen LogP contribution < -0.4 is 5.32 Å². The maximum absolute atomic E-state index is 12.1.